The Morgan fingerprint density at radius 3 is 2.57 bits per heavy atom. The first-order valence-electron chi connectivity index (χ1n) is 7.16. The smallest absolute Gasteiger partial charge is 0.244 e. The topological polar surface area (TPSA) is 49.3 Å². The Morgan fingerprint density at radius 2 is 1.95 bits per heavy atom. The monoisotopic (exact) mass is 295 g/mol. The highest BCUT2D eigenvalue weighted by Gasteiger charge is 2.23. The Hall–Kier alpha value is -1.75. The maximum Gasteiger partial charge on any atom is 0.244 e. The number of nitrogens with one attached hydrogen (secondary N) is 1. The van der Waals surface area contributed by atoms with Crippen LogP contribution in [0.15, 0.2) is 24.3 Å². The largest absolute Gasteiger partial charge is 0.391 e. The average Bonchev–Trinajstić information content (AvgIpc) is 2.98. The van der Waals surface area contributed by atoms with Crippen molar-refractivity contribution < 1.29 is 18.7 Å². The maximum atomic E-state index is 13.4. The number of hydrogen-bond donors (Lipinski definition) is 2. The van der Waals surface area contributed by atoms with E-state index in [2.05, 4.69) is 5.32 Å². The molecule has 1 saturated carbocycles. The fraction of sp³-hybridized carbons (Fsp3) is 0.438. The van der Waals surface area contributed by atoms with Gasteiger partial charge in [0.15, 0.2) is 0 Å². The highest BCUT2D eigenvalue weighted by Crippen LogP contribution is 2.27. The van der Waals surface area contributed by atoms with Crippen LogP contribution in [0.25, 0.3) is 6.08 Å². The van der Waals surface area contributed by atoms with E-state index in [0.29, 0.717) is 0 Å². The molecule has 5 heteroatoms. The molecule has 114 valence electrons. The molecule has 1 aliphatic carbocycles. The first-order valence-corrected chi connectivity index (χ1v) is 7.16. The number of carbonyl (C=O) groups is 1. The average molecular weight is 295 g/mol. The molecule has 0 bridgehead atoms. The van der Waals surface area contributed by atoms with Crippen molar-refractivity contribution in [3.63, 3.8) is 0 Å². The first-order chi connectivity index (χ1) is 10.1. The number of halogens is 2. The van der Waals surface area contributed by atoms with Gasteiger partial charge in [-0.2, -0.15) is 0 Å². The van der Waals surface area contributed by atoms with Crippen molar-refractivity contribution in [1.82, 2.24) is 5.32 Å². The van der Waals surface area contributed by atoms with E-state index in [0.717, 1.165) is 50.0 Å². The van der Waals surface area contributed by atoms with Crippen LogP contribution in [0.1, 0.15) is 31.2 Å². The lowest BCUT2D eigenvalue weighted by Gasteiger charge is -2.17. The SMILES string of the molecule is O=C(/C=C/c1c(F)cccc1F)NCC(O)C1CCCC1. The summed E-state index contributed by atoms with van der Waals surface area (Å²) in [5, 5.41) is 12.5. The summed E-state index contributed by atoms with van der Waals surface area (Å²) in [6, 6.07) is 3.52. The van der Waals surface area contributed by atoms with Crippen molar-refractivity contribution in [1.29, 1.82) is 0 Å². The second kappa shape index (κ2) is 7.31. The molecule has 0 aromatic heterocycles. The lowest BCUT2D eigenvalue weighted by atomic mass is 10.0. The van der Waals surface area contributed by atoms with Gasteiger partial charge in [-0.3, -0.25) is 4.79 Å². The van der Waals surface area contributed by atoms with Crippen molar-refractivity contribution in [3.05, 3.63) is 41.5 Å². The molecule has 1 aliphatic rings. The molecule has 1 aromatic carbocycles. The maximum absolute atomic E-state index is 13.4. The summed E-state index contributed by atoms with van der Waals surface area (Å²) in [6.07, 6.45) is 5.80. The molecule has 21 heavy (non-hydrogen) atoms. The minimum Gasteiger partial charge on any atom is -0.391 e. The summed E-state index contributed by atoms with van der Waals surface area (Å²) in [7, 11) is 0. The van der Waals surface area contributed by atoms with Gasteiger partial charge in [-0.15, -0.1) is 0 Å². The van der Waals surface area contributed by atoms with Crippen LogP contribution in [0, 0.1) is 17.6 Å². The van der Waals surface area contributed by atoms with Gasteiger partial charge < -0.3 is 10.4 Å². The molecule has 2 N–H and O–H groups in total. The molecule has 0 aliphatic heterocycles. The number of hydrogen-bond acceptors (Lipinski definition) is 2. The van der Waals surface area contributed by atoms with Crippen LogP contribution >= 0.6 is 0 Å². The van der Waals surface area contributed by atoms with Crippen LogP contribution in [0.3, 0.4) is 0 Å². The quantitative estimate of drug-likeness (QED) is 0.820. The Balaban J connectivity index is 1.85. The third-order valence-electron chi connectivity index (χ3n) is 3.83. The van der Waals surface area contributed by atoms with Crippen LogP contribution in [-0.2, 0) is 4.79 Å². The third-order valence-corrected chi connectivity index (χ3v) is 3.83. The molecule has 2 rings (SSSR count). The number of carbonyl (C=O) groups excluding carboxylic acids is 1. The zero-order valence-electron chi connectivity index (χ0n) is 11.7. The lowest BCUT2D eigenvalue weighted by molar-refractivity contribution is -0.117. The van der Waals surface area contributed by atoms with E-state index >= 15 is 0 Å². The Morgan fingerprint density at radius 1 is 1.33 bits per heavy atom. The van der Waals surface area contributed by atoms with Crippen molar-refractivity contribution in [2.45, 2.75) is 31.8 Å². The number of amides is 1. The Labute approximate surface area is 122 Å². The normalized spacial score (nSPS) is 17.3. The highest BCUT2D eigenvalue weighted by atomic mass is 19.1. The fourth-order valence-electron chi connectivity index (χ4n) is 2.60. The van der Waals surface area contributed by atoms with Crippen molar-refractivity contribution in [2.75, 3.05) is 6.54 Å². The zero-order chi connectivity index (χ0) is 15.2. The zero-order valence-corrected chi connectivity index (χ0v) is 11.7. The van der Waals surface area contributed by atoms with Crippen LogP contribution in [0.4, 0.5) is 8.78 Å². The lowest BCUT2D eigenvalue weighted by Crippen LogP contribution is -2.34. The number of rotatable bonds is 5. The molecule has 1 aromatic rings. The Bertz CT molecular complexity index is 505. The molecule has 1 fully saturated rings. The predicted molar refractivity (Wildman–Crippen MR) is 76.4 cm³/mol. The van der Waals surface area contributed by atoms with Gasteiger partial charge in [0.05, 0.1) is 6.10 Å². The van der Waals surface area contributed by atoms with Crippen LogP contribution in [0.2, 0.25) is 0 Å². The molecule has 1 amide bonds. The van der Waals surface area contributed by atoms with Gasteiger partial charge in [0.25, 0.3) is 0 Å². The number of aliphatic hydroxyl groups is 1. The van der Waals surface area contributed by atoms with Crippen LogP contribution in [-0.4, -0.2) is 23.7 Å². The molecule has 1 unspecified atom stereocenters. The summed E-state index contributed by atoms with van der Waals surface area (Å²) in [5.41, 5.74) is -0.246. The molecule has 1 atom stereocenters. The molecular weight excluding hydrogens is 276 g/mol. The summed E-state index contributed by atoms with van der Waals surface area (Å²) in [4.78, 5) is 11.6. The Kier molecular flexibility index (Phi) is 5.44. The summed E-state index contributed by atoms with van der Waals surface area (Å²) >= 11 is 0. The van der Waals surface area contributed by atoms with Gasteiger partial charge >= 0.3 is 0 Å². The van der Waals surface area contributed by atoms with E-state index in [4.69, 9.17) is 0 Å². The van der Waals surface area contributed by atoms with Gasteiger partial charge in [0, 0.05) is 18.2 Å². The summed E-state index contributed by atoms with van der Waals surface area (Å²) in [6.45, 7) is 0.160. The first kappa shape index (κ1) is 15.6. The molecular formula is C16H19F2NO2. The van der Waals surface area contributed by atoms with Crippen molar-refractivity contribution >= 4 is 12.0 Å². The summed E-state index contributed by atoms with van der Waals surface area (Å²) in [5.74, 6) is -1.68. The highest BCUT2D eigenvalue weighted by molar-refractivity contribution is 5.91. The van der Waals surface area contributed by atoms with Crippen molar-refractivity contribution in [2.24, 2.45) is 5.92 Å². The molecule has 0 saturated heterocycles. The van der Waals surface area contributed by atoms with E-state index in [1.165, 1.54) is 6.07 Å². The molecule has 3 nitrogen and oxygen atoms in total. The molecule has 0 radical (unpaired) electrons. The fourth-order valence-corrected chi connectivity index (χ4v) is 2.60. The van der Waals surface area contributed by atoms with Gasteiger partial charge in [-0.1, -0.05) is 18.9 Å². The molecule has 0 spiro atoms. The second-order valence-corrected chi connectivity index (χ2v) is 5.33. The van der Waals surface area contributed by atoms with Gasteiger partial charge in [-0.05, 0) is 37.0 Å². The standard InChI is InChI=1S/C16H19F2NO2/c17-13-6-3-7-14(18)12(13)8-9-16(21)19-10-15(20)11-4-1-2-5-11/h3,6-9,11,15,20H,1-2,4-5,10H2,(H,19,21)/b9-8+. The third kappa shape index (κ3) is 4.36. The van der Waals surface area contributed by atoms with Crippen LogP contribution in [0.5, 0.6) is 0 Å². The van der Waals surface area contributed by atoms with Gasteiger partial charge in [0.2, 0.25) is 5.91 Å². The number of benzene rings is 1. The minimum atomic E-state index is -0.718. The summed E-state index contributed by atoms with van der Waals surface area (Å²) < 4.78 is 26.7. The van der Waals surface area contributed by atoms with Gasteiger partial charge in [0.1, 0.15) is 11.6 Å². The van der Waals surface area contributed by atoms with Crippen LogP contribution < -0.4 is 5.32 Å². The predicted octanol–water partition coefficient (Wildman–Crippen LogP) is 2.65. The minimum absolute atomic E-state index is 0.160. The number of aliphatic hydroxyl groups excluding tert-OH is 1. The van der Waals surface area contributed by atoms with E-state index in [-0.39, 0.29) is 18.0 Å². The van der Waals surface area contributed by atoms with E-state index in [9.17, 15) is 18.7 Å². The van der Waals surface area contributed by atoms with Gasteiger partial charge in [-0.25, -0.2) is 8.78 Å². The second-order valence-electron chi connectivity index (χ2n) is 5.33. The van der Waals surface area contributed by atoms with E-state index in [1.54, 1.807) is 0 Å². The van der Waals surface area contributed by atoms with E-state index in [1.807, 2.05) is 0 Å². The van der Waals surface area contributed by atoms with E-state index < -0.39 is 23.6 Å². The molecule has 0 heterocycles. The van der Waals surface area contributed by atoms with Crippen molar-refractivity contribution in [3.8, 4) is 0 Å².